The molecule has 1 rings (SSSR count). The Balaban J connectivity index is 2.36. The molecule has 0 amide bonds. The SMILES string of the molecule is CN[C@H](CCc1cnc[nH]1)C(C)=O. The van der Waals surface area contributed by atoms with E-state index in [1.165, 1.54) is 0 Å². The summed E-state index contributed by atoms with van der Waals surface area (Å²) in [6.07, 6.45) is 5.10. The smallest absolute Gasteiger partial charge is 0.146 e. The number of nitrogens with one attached hydrogen (secondary N) is 2. The molecule has 72 valence electrons. The molecule has 0 aliphatic carbocycles. The van der Waals surface area contributed by atoms with Gasteiger partial charge < -0.3 is 10.3 Å². The Labute approximate surface area is 77.8 Å². The summed E-state index contributed by atoms with van der Waals surface area (Å²) in [5.41, 5.74) is 1.07. The second kappa shape index (κ2) is 4.77. The number of rotatable bonds is 5. The third-order valence-corrected chi connectivity index (χ3v) is 2.10. The van der Waals surface area contributed by atoms with Gasteiger partial charge in [-0.2, -0.15) is 0 Å². The van der Waals surface area contributed by atoms with Crippen LogP contribution in [0.5, 0.6) is 0 Å². The van der Waals surface area contributed by atoms with Crippen molar-refractivity contribution in [3.05, 3.63) is 18.2 Å². The summed E-state index contributed by atoms with van der Waals surface area (Å²) in [6, 6.07) is -0.0386. The van der Waals surface area contributed by atoms with Gasteiger partial charge in [0, 0.05) is 11.9 Å². The lowest BCUT2D eigenvalue weighted by molar-refractivity contribution is -0.119. The second-order valence-corrected chi connectivity index (χ2v) is 3.07. The van der Waals surface area contributed by atoms with Gasteiger partial charge in [-0.25, -0.2) is 4.98 Å². The van der Waals surface area contributed by atoms with Crippen molar-refractivity contribution in [2.45, 2.75) is 25.8 Å². The zero-order valence-corrected chi connectivity index (χ0v) is 8.00. The van der Waals surface area contributed by atoms with Crippen LogP contribution in [0, 0.1) is 0 Å². The van der Waals surface area contributed by atoms with Crippen LogP contribution in [0.2, 0.25) is 0 Å². The van der Waals surface area contributed by atoms with E-state index in [1.54, 1.807) is 26.5 Å². The number of likely N-dealkylation sites (N-methyl/N-ethyl adjacent to an activating group) is 1. The quantitative estimate of drug-likeness (QED) is 0.696. The van der Waals surface area contributed by atoms with E-state index in [0.717, 1.165) is 18.5 Å². The van der Waals surface area contributed by atoms with Crippen LogP contribution < -0.4 is 5.32 Å². The molecule has 1 aromatic heterocycles. The van der Waals surface area contributed by atoms with Crippen molar-refractivity contribution in [2.24, 2.45) is 0 Å². The van der Waals surface area contributed by atoms with E-state index in [2.05, 4.69) is 15.3 Å². The predicted molar refractivity (Wildman–Crippen MR) is 50.4 cm³/mol. The Hall–Kier alpha value is -1.16. The molecule has 4 heteroatoms. The van der Waals surface area contributed by atoms with Crippen LogP contribution in [-0.4, -0.2) is 28.8 Å². The summed E-state index contributed by atoms with van der Waals surface area (Å²) in [7, 11) is 1.80. The van der Waals surface area contributed by atoms with Crippen molar-refractivity contribution < 1.29 is 4.79 Å². The van der Waals surface area contributed by atoms with E-state index in [1.807, 2.05) is 0 Å². The first-order chi connectivity index (χ1) is 6.24. The zero-order chi connectivity index (χ0) is 9.68. The molecule has 0 saturated heterocycles. The second-order valence-electron chi connectivity index (χ2n) is 3.07. The van der Waals surface area contributed by atoms with Crippen LogP contribution in [0.4, 0.5) is 0 Å². The highest BCUT2D eigenvalue weighted by Gasteiger charge is 2.10. The maximum Gasteiger partial charge on any atom is 0.146 e. The number of Topliss-reactive ketones (excluding diaryl/α,β-unsaturated/α-hetero) is 1. The molecule has 1 atom stereocenters. The fraction of sp³-hybridized carbons (Fsp3) is 0.556. The Morgan fingerprint density at radius 3 is 3.00 bits per heavy atom. The first kappa shape index (κ1) is 9.92. The van der Waals surface area contributed by atoms with Gasteiger partial charge in [-0.05, 0) is 26.8 Å². The van der Waals surface area contributed by atoms with Crippen molar-refractivity contribution >= 4 is 5.78 Å². The fourth-order valence-corrected chi connectivity index (χ4v) is 1.27. The Morgan fingerprint density at radius 2 is 2.54 bits per heavy atom. The molecule has 1 heterocycles. The first-order valence-corrected chi connectivity index (χ1v) is 4.39. The van der Waals surface area contributed by atoms with Gasteiger partial charge in [0.05, 0.1) is 12.4 Å². The number of hydrogen-bond acceptors (Lipinski definition) is 3. The maximum absolute atomic E-state index is 11.0. The average molecular weight is 181 g/mol. The molecule has 2 N–H and O–H groups in total. The summed E-state index contributed by atoms with van der Waals surface area (Å²) in [5.74, 6) is 0.182. The molecule has 0 bridgehead atoms. The molecule has 0 radical (unpaired) electrons. The zero-order valence-electron chi connectivity index (χ0n) is 8.00. The van der Waals surface area contributed by atoms with Crippen molar-refractivity contribution in [1.29, 1.82) is 0 Å². The fourth-order valence-electron chi connectivity index (χ4n) is 1.27. The molecule has 0 unspecified atom stereocenters. The normalized spacial score (nSPS) is 12.8. The predicted octanol–water partition coefficient (Wildman–Crippen LogP) is 0.519. The number of ketones is 1. The lowest BCUT2D eigenvalue weighted by Crippen LogP contribution is -2.32. The maximum atomic E-state index is 11.0. The summed E-state index contributed by atoms with van der Waals surface area (Å²) in [4.78, 5) is 18.0. The monoisotopic (exact) mass is 181 g/mol. The Kier molecular flexibility index (Phi) is 3.64. The number of carbonyl (C=O) groups is 1. The molecule has 0 aliphatic rings. The molecular formula is C9H15N3O. The molecule has 0 aromatic carbocycles. The number of aromatic amines is 1. The van der Waals surface area contributed by atoms with Crippen LogP contribution in [0.3, 0.4) is 0 Å². The molecule has 0 spiro atoms. The minimum Gasteiger partial charge on any atom is -0.348 e. The number of hydrogen-bond donors (Lipinski definition) is 2. The van der Waals surface area contributed by atoms with Gasteiger partial charge in [0.25, 0.3) is 0 Å². The van der Waals surface area contributed by atoms with Gasteiger partial charge in [-0.3, -0.25) is 4.79 Å². The molecule has 0 aliphatic heterocycles. The van der Waals surface area contributed by atoms with E-state index in [-0.39, 0.29) is 11.8 Å². The summed E-state index contributed by atoms with van der Waals surface area (Å²) < 4.78 is 0. The van der Waals surface area contributed by atoms with Crippen molar-refractivity contribution in [3.63, 3.8) is 0 Å². The highest BCUT2D eigenvalue weighted by atomic mass is 16.1. The third kappa shape index (κ3) is 2.99. The van der Waals surface area contributed by atoms with Crippen LogP contribution >= 0.6 is 0 Å². The molecular weight excluding hydrogens is 166 g/mol. The van der Waals surface area contributed by atoms with Crippen LogP contribution in [-0.2, 0) is 11.2 Å². The van der Waals surface area contributed by atoms with Crippen LogP contribution in [0.15, 0.2) is 12.5 Å². The van der Waals surface area contributed by atoms with E-state index >= 15 is 0 Å². The highest BCUT2D eigenvalue weighted by Crippen LogP contribution is 2.01. The summed E-state index contributed by atoms with van der Waals surface area (Å²) >= 11 is 0. The van der Waals surface area contributed by atoms with Gasteiger partial charge in [-0.1, -0.05) is 0 Å². The first-order valence-electron chi connectivity index (χ1n) is 4.39. The largest absolute Gasteiger partial charge is 0.348 e. The molecule has 4 nitrogen and oxygen atoms in total. The molecule has 0 fully saturated rings. The minimum absolute atomic E-state index is 0.0386. The van der Waals surface area contributed by atoms with E-state index in [4.69, 9.17) is 0 Å². The number of aryl methyl sites for hydroxylation is 1. The number of imidazole rings is 1. The van der Waals surface area contributed by atoms with Gasteiger partial charge in [-0.15, -0.1) is 0 Å². The van der Waals surface area contributed by atoms with E-state index < -0.39 is 0 Å². The Bertz CT molecular complexity index is 256. The number of aromatic nitrogens is 2. The van der Waals surface area contributed by atoms with Crippen molar-refractivity contribution in [1.82, 2.24) is 15.3 Å². The molecule has 13 heavy (non-hydrogen) atoms. The summed E-state index contributed by atoms with van der Waals surface area (Å²) in [6.45, 7) is 1.61. The van der Waals surface area contributed by atoms with E-state index in [0.29, 0.717) is 0 Å². The lowest BCUT2D eigenvalue weighted by atomic mass is 10.1. The lowest BCUT2D eigenvalue weighted by Gasteiger charge is -2.10. The molecule has 0 saturated carbocycles. The minimum atomic E-state index is -0.0386. The van der Waals surface area contributed by atoms with Crippen LogP contribution in [0.1, 0.15) is 19.0 Å². The van der Waals surface area contributed by atoms with E-state index in [9.17, 15) is 4.79 Å². The van der Waals surface area contributed by atoms with Gasteiger partial charge in [0.15, 0.2) is 0 Å². The topological polar surface area (TPSA) is 57.8 Å². The number of carbonyl (C=O) groups excluding carboxylic acids is 1. The van der Waals surface area contributed by atoms with Crippen molar-refractivity contribution in [3.8, 4) is 0 Å². The van der Waals surface area contributed by atoms with Crippen molar-refractivity contribution in [2.75, 3.05) is 7.05 Å². The summed E-state index contributed by atoms with van der Waals surface area (Å²) in [5, 5.41) is 2.98. The number of H-pyrrole nitrogens is 1. The third-order valence-electron chi connectivity index (χ3n) is 2.10. The van der Waals surface area contributed by atoms with Gasteiger partial charge in [0.1, 0.15) is 5.78 Å². The van der Waals surface area contributed by atoms with Crippen LogP contribution in [0.25, 0.3) is 0 Å². The average Bonchev–Trinajstić information content (AvgIpc) is 2.57. The highest BCUT2D eigenvalue weighted by molar-refractivity contribution is 5.81. The Morgan fingerprint density at radius 1 is 1.77 bits per heavy atom. The van der Waals surface area contributed by atoms with Gasteiger partial charge in [0.2, 0.25) is 0 Å². The number of nitrogens with zero attached hydrogens (tertiary/aromatic N) is 1. The standard InChI is InChI=1S/C9H15N3O/c1-7(13)9(10-2)4-3-8-5-11-6-12-8/h5-6,9-10H,3-4H2,1-2H3,(H,11,12)/t9-/m1/s1. The van der Waals surface area contributed by atoms with Gasteiger partial charge >= 0.3 is 0 Å². The molecule has 1 aromatic rings.